The minimum atomic E-state index is -0.805. The second-order valence-corrected chi connectivity index (χ2v) is 5.78. The minimum absolute atomic E-state index is 0.136. The van der Waals surface area contributed by atoms with Gasteiger partial charge in [-0.15, -0.1) is 0 Å². The third-order valence-electron chi connectivity index (χ3n) is 3.90. The molecule has 6 nitrogen and oxygen atoms in total. The first kappa shape index (κ1) is 16.8. The smallest absolute Gasteiger partial charge is 0.317 e. The number of nitrogens with zero attached hydrogens (tertiary/aromatic N) is 2. The molecule has 116 valence electrons. The van der Waals surface area contributed by atoms with Crippen LogP contribution in [0, 0.1) is 5.92 Å². The fraction of sp³-hybridized carbons (Fsp3) is 0.857. The summed E-state index contributed by atoms with van der Waals surface area (Å²) >= 11 is 0. The van der Waals surface area contributed by atoms with Crippen LogP contribution in [0.5, 0.6) is 0 Å². The van der Waals surface area contributed by atoms with Crippen molar-refractivity contribution >= 4 is 12.0 Å². The maximum absolute atomic E-state index is 12.0. The first-order valence-corrected chi connectivity index (χ1v) is 7.37. The van der Waals surface area contributed by atoms with E-state index in [1.807, 2.05) is 0 Å². The first-order chi connectivity index (χ1) is 9.41. The first-order valence-electron chi connectivity index (χ1n) is 7.37. The van der Waals surface area contributed by atoms with Gasteiger partial charge >= 0.3 is 12.0 Å². The molecule has 0 aromatic rings. The summed E-state index contributed by atoms with van der Waals surface area (Å²) in [5.74, 6) is -1.22. The molecule has 0 spiro atoms. The number of amides is 2. The Morgan fingerprint density at radius 2 is 2.15 bits per heavy atom. The lowest BCUT2D eigenvalue weighted by atomic mass is 9.99. The third-order valence-corrected chi connectivity index (χ3v) is 3.90. The van der Waals surface area contributed by atoms with Crippen LogP contribution in [0.25, 0.3) is 0 Å². The van der Waals surface area contributed by atoms with Crippen molar-refractivity contribution in [3.8, 4) is 0 Å². The molecule has 0 aliphatic carbocycles. The lowest BCUT2D eigenvalue weighted by Crippen LogP contribution is -2.47. The number of piperidine rings is 1. The van der Waals surface area contributed by atoms with Crippen LogP contribution in [0.3, 0.4) is 0 Å². The highest BCUT2D eigenvalue weighted by molar-refractivity contribution is 5.76. The molecule has 1 saturated heterocycles. The van der Waals surface area contributed by atoms with Crippen LogP contribution in [0.1, 0.15) is 33.1 Å². The Labute approximate surface area is 121 Å². The molecule has 0 aromatic heterocycles. The van der Waals surface area contributed by atoms with E-state index in [4.69, 9.17) is 5.11 Å². The zero-order valence-corrected chi connectivity index (χ0v) is 12.8. The summed E-state index contributed by atoms with van der Waals surface area (Å²) in [6, 6.07) is 0.368. The predicted molar refractivity (Wildman–Crippen MR) is 77.7 cm³/mol. The van der Waals surface area contributed by atoms with Gasteiger partial charge in [0.2, 0.25) is 0 Å². The van der Waals surface area contributed by atoms with E-state index in [0.29, 0.717) is 32.1 Å². The maximum Gasteiger partial charge on any atom is 0.317 e. The normalized spacial score (nSPS) is 19.4. The fourth-order valence-corrected chi connectivity index (χ4v) is 2.26. The molecule has 1 aliphatic heterocycles. The Balaban J connectivity index is 2.24. The van der Waals surface area contributed by atoms with E-state index in [-0.39, 0.29) is 6.03 Å². The summed E-state index contributed by atoms with van der Waals surface area (Å²) in [5.41, 5.74) is 0. The number of carbonyl (C=O) groups is 2. The van der Waals surface area contributed by atoms with Gasteiger partial charge in [-0.3, -0.25) is 4.79 Å². The summed E-state index contributed by atoms with van der Waals surface area (Å²) in [4.78, 5) is 26.8. The Hall–Kier alpha value is -1.30. The molecule has 0 unspecified atom stereocenters. The molecule has 0 saturated carbocycles. The summed E-state index contributed by atoms with van der Waals surface area (Å²) in [5, 5.41) is 11.9. The van der Waals surface area contributed by atoms with Crippen LogP contribution >= 0.6 is 0 Å². The van der Waals surface area contributed by atoms with Gasteiger partial charge in [0.1, 0.15) is 0 Å². The molecule has 20 heavy (non-hydrogen) atoms. The number of likely N-dealkylation sites (tertiary alicyclic amines) is 1. The topological polar surface area (TPSA) is 72.9 Å². The lowest BCUT2D eigenvalue weighted by molar-refractivity contribution is -0.143. The van der Waals surface area contributed by atoms with Crippen LogP contribution in [0.2, 0.25) is 0 Å². The van der Waals surface area contributed by atoms with Crippen molar-refractivity contribution in [3.63, 3.8) is 0 Å². The van der Waals surface area contributed by atoms with Gasteiger partial charge in [-0.25, -0.2) is 4.79 Å². The van der Waals surface area contributed by atoms with Crippen molar-refractivity contribution < 1.29 is 14.7 Å². The molecule has 2 N–H and O–H groups in total. The molecular formula is C14H27N3O3. The van der Waals surface area contributed by atoms with E-state index in [1.165, 1.54) is 0 Å². The highest BCUT2D eigenvalue weighted by Crippen LogP contribution is 2.16. The largest absolute Gasteiger partial charge is 0.481 e. The zero-order valence-electron chi connectivity index (χ0n) is 12.8. The number of urea groups is 1. The number of hydrogen-bond donors (Lipinski definition) is 2. The van der Waals surface area contributed by atoms with Gasteiger partial charge in [0.05, 0.1) is 5.92 Å². The fourth-order valence-electron chi connectivity index (χ4n) is 2.26. The number of carboxylic acids is 1. The highest BCUT2D eigenvalue weighted by atomic mass is 16.4. The van der Waals surface area contributed by atoms with Crippen molar-refractivity contribution in [3.05, 3.63) is 0 Å². The minimum Gasteiger partial charge on any atom is -0.481 e. The van der Waals surface area contributed by atoms with Gasteiger partial charge in [0, 0.05) is 25.7 Å². The Morgan fingerprint density at radius 1 is 1.45 bits per heavy atom. The number of carbonyl (C=O) groups excluding carboxylic acids is 1. The number of carboxylic acid groups (broad SMARTS) is 1. The average molecular weight is 285 g/mol. The van der Waals surface area contributed by atoms with E-state index in [2.05, 4.69) is 31.1 Å². The van der Waals surface area contributed by atoms with Gasteiger partial charge in [-0.2, -0.15) is 0 Å². The predicted octanol–water partition coefficient (Wildman–Crippen LogP) is 1.22. The second kappa shape index (κ2) is 8.09. The molecule has 1 atom stereocenters. The molecule has 1 rings (SSSR count). The van der Waals surface area contributed by atoms with Crippen molar-refractivity contribution in [1.82, 2.24) is 15.1 Å². The van der Waals surface area contributed by atoms with Crippen LogP contribution in [-0.2, 0) is 4.79 Å². The summed E-state index contributed by atoms with van der Waals surface area (Å²) in [7, 11) is 2.06. The van der Waals surface area contributed by atoms with Gasteiger partial charge in [-0.1, -0.05) is 0 Å². The van der Waals surface area contributed by atoms with Crippen molar-refractivity contribution in [2.24, 2.45) is 5.92 Å². The number of rotatable bonds is 6. The monoisotopic (exact) mass is 285 g/mol. The van der Waals surface area contributed by atoms with Gasteiger partial charge in [0.15, 0.2) is 0 Å². The standard InChI is InChI=1S/C14H27N3O3/c1-11(2)16(3)8-5-7-15-14(20)17-9-4-6-12(10-17)13(18)19/h11-12H,4-10H2,1-3H3,(H,15,20)(H,18,19)/t12-/m1/s1. The zero-order chi connectivity index (χ0) is 15.1. The van der Waals surface area contributed by atoms with E-state index >= 15 is 0 Å². The van der Waals surface area contributed by atoms with Gasteiger partial charge < -0.3 is 20.2 Å². The molecule has 0 aromatic carbocycles. The second-order valence-electron chi connectivity index (χ2n) is 5.78. The molecule has 1 aliphatic rings. The van der Waals surface area contributed by atoms with Crippen LogP contribution in [0.4, 0.5) is 4.79 Å². The van der Waals surface area contributed by atoms with Crippen LogP contribution in [0.15, 0.2) is 0 Å². The molecule has 0 radical (unpaired) electrons. The molecule has 2 amide bonds. The van der Waals surface area contributed by atoms with Crippen molar-refractivity contribution in [2.75, 3.05) is 33.2 Å². The van der Waals surface area contributed by atoms with Gasteiger partial charge in [0.25, 0.3) is 0 Å². The Kier molecular flexibility index (Phi) is 6.78. The highest BCUT2D eigenvalue weighted by Gasteiger charge is 2.27. The number of hydrogen-bond acceptors (Lipinski definition) is 3. The number of aliphatic carboxylic acids is 1. The third kappa shape index (κ3) is 5.36. The SMILES string of the molecule is CC(C)N(C)CCCNC(=O)N1CCC[C@@H](C(=O)O)C1. The van der Waals surface area contributed by atoms with Gasteiger partial charge in [-0.05, 0) is 46.7 Å². The Bertz CT molecular complexity index is 334. The quantitative estimate of drug-likeness (QED) is 0.720. The molecular weight excluding hydrogens is 258 g/mol. The lowest BCUT2D eigenvalue weighted by Gasteiger charge is -2.30. The summed E-state index contributed by atoms with van der Waals surface area (Å²) in [6.45, 7) is 6.82. The van der Waals surface area contributed by atoms with Crippen molar-refractivity contribution in [2.45, 2.75) is 39.2 Å². The van der Waals surface area contributed by atoms with E-state index in [0.717, 1.165) is 19.4 Å². The summed E-state index contributed by atoms with van der Waals surface area (Å²) in [6.07, 6.45) is 2.33. The maximum atomic E-state index is 12.0. The molecule has 1 heterocycles. The van der Waals surface area contributed by atoms with Crippen molar-refractivity contribution in [1.29, 1.82) is 0 Å². The van der Waals surface area contributed by atoms with E-state index < -0.39 is 11.9 Å². The van der Waals surface area contributed by atoms with Crippen LogP contribution in [-0.4, -0.2) is 66.2 Å². The molecule has 1 fully saturated rings. The van der Waals surface area contributed by atoms with E-state index in [1.54, 1.807) is 4.90 Å². The number of nitrogens with one attached hydrogen (secondary N) is 1. The Morgan fingerprint density at radius 3 is 2.75 bits per heavy atom. The summed E-state index contributed by atoms with van der Waals surface area (Å²) < 4.78 is 0. The van der Waals surface area contributed by atoms with Crippen LogP contribution < -0.4 is 5.32 Å². The van der Waals surface area contributed by atoms with E-state index in [9.17, 15) is 9.59 Å². The molecule has 6 heteroatoms. The molecule has 0 bridgehead atoms. The average Bonchev–Trinajstić information content (AvgIpc) is 2.43.